The monoisotopic (exact) mass is 872 g/mol. The second kappa shape index (κ2) is 18.0. The smallest absolute Gasteiger partial charge is 1.00 e. The van der Waals surface area contributed by atoms with Crippen LogP contribution in [0.1, 0.15) is 43.4 Å². The van der Waals surface area contributed by atoms with Crippen LogP contribution < -0.4 is 32.9 Å². The Morgan fingerprint density at radius 1 is 0.560 bits per heavy atom. The number of fused-ring (bicyclic) bond motifs is 2. The summed E-state index contributed by atoms with van der Waals surface area (Å²) in [5, 5.41) is 0. The molecule has 4 aromatic carbocycles. The van der Waals surface area contributed by atoms with Gasteiger partial charge in [0.1, 0.15) is 0 Å². The maximum Gasteiger partial charge on any atom is -1.00 e. The van der Waals surface area contributed by atoms with Crippen LogP contribution >= 0.6 is 0 Å². The molecule has 4 nitrogen and oxygen atoms in total. The molecule has 0 aliphatic heterocycles. The van der Waals surface area contributed by atoms with Crippen LogP contribution in [0, 0.1) is 0 Å². The molecule has 2 N–H and O–H groups in total. The van der Waals surface area contributed by atoms with Gasteiger partial charge in [-0.3, -0.25) is 0 Å². The number of hydrogen-bond donors (Lipinski definition) is 2. The molecule has 2 unspecified atom stereocenters. The summed E-state index contributed by atoms with van der Waals surface area (Å²) in [6.45, 7) is 16.7. The molecule has 0 saturated carbocycles. The molecular formula is C40H47Cl2GaN2O2Si2Zr. The summed E-state index contributed by atoms with van der Waals surface area (Å²) in [4.78, 5) is 23.1. The normalized spacial score (nSPS) is 15.6. The van der Waals surface area contributed by atoms with E-state index in [1.165, 1.54) is 33.4 Å². The summed E-state index contributed by atoms with van der Waals surface area (Å²) in [7, 11) is -3.44. The Balaban J connectivity index is 0.000000343. The molecular weight excluding hydrogens is 828 g/mol. The zero-order valence-corrected chi connectivity index (χ0v) is 39.3. The molecule has 2 amide bonds. The van der Waals surface area contributed by atoms with Crippen LogP contribution in [0.2, 0.25) is 39.3 Å². The fraction of sp³-hybridized carbons (Fsp3) is 0.250. The molecule has 2 atom stereocenters. The Hall–Kier alpha value is -2.17. The summed E-state index contributed by atoms with van der Waals surface area (Å²) in [5.74, 6) is 0. The molecule has 4 aromatic rings. The van der Waals surface area contributed by atoms with E-state index < -0.39 is 57.3 Å². The maximum atomic E-state index is 11.6. The number of amides is 2. The van der Waals surface area contributed by atoms with Crippen molar-refractivity contribution in [1.82, 2.24) is 8.05 Å². The van der Waals surface area contributed by atoms with Gasteiger partial charge in [-0.15, -0.1) is 0 Å². The third-order valence-electron chi connectivity index (χ3n) is 8.92. The van der Waals surface area contributed by atoms with Crippen molar-refractivity contribution in [3.63, 3.8) is 0 Å². The maximum absolute atomic E-state index is 11.6. The molecule has 2 aliphatic rings. The summed E-state index contributed by atoms with van der Waals surface area (Å²) < 4.78 is 7.12. The fourth-order valence-corrected chi connectivity index (χ4v) is 20.3. The molecule has 0 radical (unpaired) electrons. The number of allylic oxidation sites excluding steroid dienone is 2. The van der Waals surface area contributed by atoms with Crippen molar-refractivity contribution in [2.75, 3.05) is 0 Å². The van der Waals surface area contributed by atoms with Crippen molar-refractivity contribution < 1.29 is 57.6 Å². The Morgan fingerprint density at radius 2 is 0.920 bits per heavy atom. The van der Waals surface area contributed by atoms with Crippen molar-refractivity contribution >= 4 is 57.3 Å². The van der Waals surface area contributed by atoms with Crippen molar-refractivity contribution in [3.05, 3.63) is 130 Å². The van der Waals surface area contributed by atoms with E-state index in [-0.39, 0.29) is 35.9 Å². The van der Waals surface area contributed by atoms with E-state index in [1.807, 2.05) is 39.3 Å². The van der Waals surface area contributed by atoms with Crippen LogP contribution in [-0.2, 0) is 23.2 Å². The SMILES string of the molecule is CC1=Cc2c(-c3ccccc3)cccc2[CH]1[Zr+2][CH]1C(C)=Cc2c(-c3ccccc3)cccc21.C[Si](C)(C)C(=O)[NH][GaH][NH]C(=O)[Si](C)(C)C.[Cl-].[Cl-]. The van der Waals surface area contributed by atoms with Crippen molar-refractivity contribution in [2.45, 2.75) is 60.4 Å². The number of benzene rings is 4. The van der Waals surface area contributed by atoms with Gasteiger partial charge in [0.05, 0.1) is 0 Å². The molecule has 6 rings (SSSR count). The van der Waals surface area contributed by atoms with E-state index in [2.05, 4.69) is 131 Å². The van der Waals surface area contributed by atoms with Crippen molar-refractivity contribution in [2.24, 2.45) is 0 Å². The van der Waals surface area contributed by atoms with Crippen LogP contribution in [0.15, 0.2) is 108 Å². The zero-order chi connectivity index (χ0) is 34.6. The number of nitrogens with one attached hydrogen (secondary N) is 2. The molecule has 10 heteroatoms. The van der Waals surface area contributed by atoms with Gasteiger partial charge in [-0.05, 0) is 0 Å². The third kappa shape index (κ3) is 10.0. The molecule has 50 heavy (non-hydrogen) atoms. The molecule has 0 aromatic heterocycles. The van der Waals surface area contributed by atoms with Gasteiger partial charge in [-0.2, -0.15) is 0 Å². The summed E-state index contributed by atoms with van der Waals surface area (Å²) in [6, 6.07) is 35.6. The second-order valence-corrected chi connectivity index (χ2v) is 30.6. The Bertz CT molecular complexity index is 1740. The third-order valence-corrected chi connectivity index (χ3v) is 21.0. The minimum Gasteiger partial charge on any atom is -1.00 e. The standard InChI is InChI=1S/2C16H13.2C4H11NOSi.2ClH.Ga.Zr.H/c2*1-12-10-14-8-5-9-15(16(14)11-12)13-6-3-2-4-7-13;2*1-7(2,3)4(5)6;;;;;/h2*2-11H,1H3;2*1-3H3,(H2,5,6);2*1H;;;/q;;;;;;2*+2;/p-4. The van der Waals surface area contributed by atoms with Gasteiger partial charge in [0.2, 0.25) is 0 Å². The van der Waals surface area contributed by atoms with Crippen LogP contribution in [0.3, 0.4) is 0 Å². The minimum atomic E-state index is -1.72. The zero-order valence-electron chi connectivity index (χ0n) is 30.3. The predicted octanol–water partition coefficient (Wildman–Crippen LogP) is 4.24. The van der Waals surface area contributed by atoms with E-state index >= 15 is 0 Å². The van der Waals surface area contributed by atoms with E-state index in [0.717, 1.165) is 0 Å². The number of halogens is 2. The summed E-state index contributed by atoms with van der Waals surface area (Å²) in [6.07, 6.45) is 4.94. The quantitative estimate of drug-likeness (QED) is 0.261. The first-order chi connectivity index (χ1) is 22.8. The van der Waals surface area contributed by atoms with Gasteiger partial charge in [0, 0.05) is 0 Å². The van der Waals surface area contributed by atoms with Gasteiger partial charge in [-0.25, -0.2) is 0 Å². The molecule has 0 spiro atoms. The minimum absolute atomic E-state index is 0. The molecule has 2 aliphatic carbocycles. The van der Waals surface area contributed by atoms with E-state index in [9.17, 15) is 9.59 Å². The van der Waals surface area contributed by atoms with Gasteiger partial charge in [0.15, 0.2) is 0 Å². The fourth-order valence-electron chi connectivity index (χ4n) is 6.19. The van der Waals surface area contributed by atoms with Gasteiger partial charge in [0.25, 0.3) is 0 Å². The van der Waals surface area contributed by atoms with Crippen molar-refractivity contribution in [3.8, 4) is 22.3 Å². The topological polar surface area (TPSA) is 58.2 Å². The predicted molar refractivity (Wildman–Crippen MR) is 207 cm³/mol. The average Bonchev–Trinajstić information content (AvgIpc) is 3.56. The van der Waals surface area contributed by atoms with Gasteiger partial charge >= 0.3 is 311 Å². The van der Waals surface area contributed by atoms with Crippen LogP contribution in [0.25, 0.3) is 34.4 Å². The molecule has 0 saturated heterocycles. The molecule has 258 valence electrons. The summed E-state index contributed by atoms with van der Waals surface area (Å²) >= 11 is -2.24. The van der Waals surface area contributed by atoms with Crippen LogP contribution in [-0.4, -0.2) is 45.1 Å². The van der Waals surface area contributed by atoms with Gasteiger partial charge < -0.3 is 24.8 Å². The van der Waals surface area contributed by atoms with E-state index in [0.29, 0.717) is 7.25 Å². The first-order valence-electron chi connectivity index (χ1n) is 16.8. The number of hydrogen-bond acceptors (Lipinski definition) is 2. The largest absolute Gasteiger partial charge is 1.00 e. The van der Waals surface area contributed by atoms with Crippen LogP contribution in [0.5, 0.6) is 0 Å². The number of rotatable bonds is 8. The Kier molecular flexibility index (Phi) is 15.2. The van der Waals surface area contributed by atoms with E-state index in [4.69, 9.17) is 0 Å². The first kappa shape index (κ1) is 42.2. The van der Waals surface area contributed by atoms with Gasteiger partial charge in [-0.1, -0.05) is 0 Å². The Morgan fingerprint density at radius 3 is 1.26 bits per heavy atom. The molecule has 0 fully saturated rings. The average molecular weight is 876 g/mol. The van der Waals surface area contributed by atoms with Crippen molar-refractivity contribution in [1.29, 1.82) is 0 Å². The molecule has 0 bridgehead atoms. The number of carbonyl (C=O) groups excluding carboxylic acids is 2. The van der Waals surface area contributed by atoms with E-state index in [1.54, 1.807) is 22.3 Å². The molecule has 0 heterocycles. The Labute approximate surface area is 333 Å². The van der Waals surface area contributed by atoms with Crippen LogP contribution in [0.4, 0.5) is 9.59 Å². The first-order valence-corrected chi connectivity index (χ1v) is 29.6. The summed E-state index contributed by atoms with van der Waals surface area (Å²) in [5.41, 5.74) is 14.8. The second-order valence-electron chi connectivity index (χ2n) is 14.8. The number of carbonyl (C=O) groups is 2.